The summed E-state index contributed by atoms with van der Waals surface area (Å²) in [6.45, 7) is 12.6. The molecule has 422 valence electrons. The van der Waals surface area contributed by atoms with Gasteiger partial charge in [0.15, 0.2) is 5.78 Å². The fourth-order valence-corrected chi connectivity index (χ4v) is 11.5. The molecule has 2 aromatic carbocycles. The smallest absolute Gasteiger partial charge is 0.408 e. The van der Waals surface area contributed by atoms with Crippen LogP contribution >= 0.6 is 0 Å². The highest BCUT2D eigenvalue weighted by Crippen LogP contribution is 2.64. The average Bonchev–Trinajstić information content (AvgIpc) is 3.82. The third-order valence-corrected chi connectivity index (χ3v) is 15.2. The Hall–Kier alpha value is -6.26. The van der Waals surface area contributed by atoms with E-state index in [0.717, 1.165) is 6.92 Å². The summed E-state index contributed by atoms with van der Waals surface area (Å²) in [5, 5.41) is 43.8. The number of aliphatic hydroxyl groups excluding tert-OH is 2. The Kier molecular flexibility index (Phi) is 19.2. The number of nitrogens with one attached hydrogen (secondary N) is 2. The van der Waals surface area contributed by atoms with E-state index in [2.05, 4.69) is 10.6 Å². The number of carbonyl (C=O) groups excluding carboxylic acids is 8. The molecule has 0 radical (unpaired) electrons. The molecule has 3 aliphatic carbocycles. The lowest BCUT2D eigenvalue weighted by atomic mass is 9.45. The van der Waals surface area contributed by atoms with Crippen molar-refractivity contribution in [3.63, 3.8) is 0 Å². The molecular weight excluding hydrogens is 1000 g/mol. The van der Waals surface area contributed by atoms with Crippen LogP contribution < -0.4 is 10.6 Å². The van der Waals surface area contributed by atoms with Gasteiger partial charge < -0.3 is 63.8 Å². The van der Waals surface area contributed by atoms with Crippen LogP contribution in [0, 0.1) is 16.7 Å². The van der Waals surface area contributed by atoms with Crippen molar-refractivity contribution in [2.45, 2.75) is 167 Å². The van der Waals surface area contributed by atoms with Crippen molar-refractivity contribution in [1.29, 1.82) is 0 Å². The molecule has 2 amide bonds. The third-order valence-electron chi connectivity index (χ3n) is 15.2. The number of aliphatic hydroxyl groups is 3. The maximum Gasteiger partial charge on any atom is 0.408 e. The van der Waals surface area contributed by atoms with Crippen LogP contribution in [0.2, 0.25) is 0 Å². The summed E-state index contributed by atoms with van der Waals surface area (Å²) in [4.78, 5) is 110. The van der Waals surface area contributed by atoms with E-state index >= 15 is 9.59 Å². The lowest BCUT2D eigenvalue weighted by Crippen LogP contribution is -2.77. The van der Waals surface area contributed by atoms with E-state index < -0.39 is 138 Å². The molecule has 2 saturated carbocycles. The number of hydrogen-bond acceptors (Lipinski definition) is 19. The zero-order valence-corrected chi connectivity index (χ0v) is 45.3. The van der Waals surface area contributed by atoms with Gasteiger partial charge in [-0.1, -0.05) is 68.8 Å². The fourth-order valence-electron chi connectivity index (χ4n) is 11.5. The number of rotatable bonds is 20. The van der Waals surface area contributed by atoms with E-state index in [0.29, 0.717) is 19.3 Å². The summed E-state index contributed by atoms with van der Waals surface area (Å²) in [6.07, 6.45) is -10.4. The predicted octanol–water partition coefficient (Wildman–Crippen LogP) is 4.46. The molecule has 1 saturated heterocycles. The molecule has 0 spiro atoms. The number of esters is 5. The van der Waals surface area contributed by atoms with Crippen molar-refractivity contribution >= 4 is 47.6 Å². The third kappa shape index (κ3) is 13.0. The average molecular weight is 1080 g/mol. The Balaban J connectivity index is 1.39. The lowest BCUT2D eigenvalue weighted by molar-refractivity contribution is -0.273. The number of amides is 2. The van der Waals surface area contributed by atoms with Crippen molar-refractivity contribution in [3.8, 4) is 0 Å². The zero-order chi connectivity index (χ0) is 56.7. The predicted molar refractivity (Wildman–Crippen MR) is 271 cm³/mol. The van der Waals surface area contributed by atoms with E-state index in [1.807, 2.05) is 0 Å². The molecule has 5 N–H and O–H groups in total. The normalized spacial score (nSPS) is 28.2. The SMILES string of the molecule is CCOC(=O)CCCCCNC(=O)COCC(=O)O[C@@H](C(=O)O[C@H]1C[C@@]2(O)C(OC(=O)c3ccccc3)C3[C@](C)(C(=O)[C@H](O)C(=C1C)C2(C)C)[C@@H](O)C[C@H]1OCC[C@@]31OC(C)=O)C(NC(=O)OC(C)(C)C)c1ccccc1. The first-order valence-electron chi connectivity index (χ1n) is 26.1. The molecule has 2 bridgehead atoms. The van der Waals surface area contributed by atoms with Gasteiger partial charge in [0.1, 0.15) is 60.5 Å². The highest BCUT2D eigenvalue weighted by Gasteiger charge is 2.76. The molecule has 0 aromatic heterocycles. The first-order chi connectivity index (χ1) is 36.2. The van der Waals surface area contributed by atoms with Crippen LogP contribution in [0.1, 0.15) is 129 Å². The molecule has 11 atom stereocenters. The Morgan fingerprint density at radius 3 is 2.18 bits per heavy atom. The first-order valence-corrected chi connectivity index (χ1v) is 26.1. The molecule has 21 heteroatoms. The minimum Gasteiger partial charge on any atom is -0.466 e. The zero-order valence-electron chi connectivity index (χ0n) is 45.3. The van der Waals surface area contributed by atoms with Gasteiger partial charge in [-0.05, 0) is 83.2 Å². The van der Waals surface area contributed by atoms with Gasteiger partial charge in [0.25, 0.3) is 0 Å². The van der Waals surface area contributed by atoms with Gasteiger partial charge >= 0.3 is 35.9 Å². The number of hydrogen-bond donors (Lipinski definition) is 5. The van der Waals surface area contributed by atoms with Crippen LogP contribution in [0.4, 0.5) is 4.79 Å². The van der Waals surface area contributed by atoms with Gasteiger partial charge in [0.05, 0.1) is 36.2 Å². The second-order valence-corrected chi connectivity index (χ2v) is 21.8. The van der Waals surface area contributed by atoms with Crippen molar-refractivity contribution in [2.75, 3.05) is 33.0 Å². The molecule has 21 nitrogen and oxygen atoms in total. The number of fused-ring (bicyclic) bond motifs is 5. The number of Topliss-reactive ketones (excluding diaryl/α,β-unsaturated/α-hetero) is 1. The number of alkyl carbamates (subject to hydrolysis) is 1. The first kappa shape index (κ1) is 60.0. The number of unbranched alkanes of at least 4 members (excludes halogenated alkanes) is 2. The van der Waals surface area contributed by atoms with Gasteiger partial charge in [0.2, 0.25) is 12.0 Å². The van der Waals surface area contributed by atoms with Crippen LogP contribution in [0.5, 0.6) is 0 Å². The van der Waals surface area contributed by atoms with Crippen molar-refractivity contribution in [2.24, 2.45) is 16.7 Å². The van der Waals surface area contributed by atoms with Gasteiger partial charge in [-0.15, -0.1) is 0 Å². The molecule has 4 aliphatic rings. The maximum atomic E-state index is 15.4. The summed E-state index contributed by atoms with van der Waals surface area (Å²) in [7, 11) is 0. The van der Waals surface area contributed by atoms with Crippen molar-refractivity contribution in [3.05, 3.63) is 82.9 Å². The summed E-state index contributed by atoms with van der Waals surface area (Å²) in [5.74, 6) is -7.74. The van der Waals surface area contributed by atoms with Gasteiger partial charge in [-0.2, -0.15) is 0 Å². The van der Waals surface area contributed by atoms with Crippen LogP contribution in [0.15, 0.2) is 71.8 Å². The monoisotopic (exact) mass is 1080 g/mol. The van der Waals surface area contributed by atoms with E-state index in [1.54, 1.807) is 64.1 Å². The number of ether oxygens (including phenoxy) is 8. The lowest BCUT2D eigenvalue weighted by Gasteiger charge is -2.64. The standard InChI is InChI=1S/C56H74N2O19/c1-10-71-40(62)24-18-13-19-26-57-39(61)30-70-31-41(63)74-45(43(34-20-14-11-15-21-34)58-51(68)77-52(4,5)6)50(67)73-36-29-56(69)48(75-49(66)35-22-16-12-17-23-35)46-54(9,47(65)44(64)42(32(36)2)53(56,7)8)37(60)28-38-55(46,25-27-72-38)76-33(3)59/h11-12,14-17,20-23,36-38,43-46,48,60,64,69H,10,13,18-19,24-31H2,1-9H3,(H,57,61)(H,58,68)/t36-,37-,38+,43?,44+,45+,46?,48?,54+,55-,56+/m0/s1. The van der Waals surface area contributed by atoms with E-state index in [1.165, 1.54) is 52.0 Å². The minimum atomic E-state index is -2.49. The van der Waals surface area contributed by atoms with Gasteiger partial charge in [0, 0.05) is 44.6 Å². The minimum absolute atomic E-state index is 0.0289. The number of ketones is 1. The maximum absolute atomic E-state index is 15.4. The summed E-state index contributed by atoms with van der Waals surface area (Å²) in [5.41, 5.74) is -9.04. The van der Waals surface area contributed by atoms with Crippen LogP contribution in [0.25, 0.3) is 0 Å². The fraction of sp³-hybridized carbons (Fsp3) is 0.607. The molecule has 77 heavy (non-hydrogen) atoms. The van der Waals surface area contributed by atoms with Gasteiger partial charge in [-0.3, -0.25) is 19.2 Å². The molecular formula is C56H74N2O19. The van der Waals surface area contributed by atoms with Crippen LogP contribution in [0.3, 0.4) is 0 Å². The summed E-state index contributed by atoms with van der Waals surface area (Å²) < 4.78 is 46.7. The highest BCUT2D eigenvalue weighted by atomic mass is 16.6. The van der Waals surface area contributed by atoms with Gasteiger partial charge in [-0.25, -0.2) is 19.2 Å². The Morgan fingerprint density at radius 2 is 1.55 bits per heavy atom. The molecule has 3 fully saturated rings. The molecule has 2 aromatic rings. The second kappa shape index (κ2) is 24.6. The highest BCUT2D eigenvalue weighted by molar-refractivity contribution is 5.94. The molecule has 1 aliphatic heterocycles. The van der Waals surface area contributed by atoms with E-state index in [9.17, 15) is 44.1 Å². The van der Waals surface area contributed by atoms with Crippen LogP contribution in [-0.2, 0) is 66.7 Å². The number of carbonyl (C=O) groups is 8. The quantitative estimate of drug-likeness (QED) is 0.0529. The summed E-state index contributed by atoms with van der Waals surface area (Å²) >= 11 is 0. The van der Waals surface area contributed by atoms with E-state index in [-0.39, 0.29) is 67.3 Å². The molecule has 6 rings (SSSR count). The molecule has 1 heterocycles. The Morgan fingerprint density at radius 1 is 0.883 bits per heavy atom. The molecule has 3 unspecified atom stereocenters. The topological polar surface area (TPSA) is 295 Å². The Labute approximate surface area is 448 Å². The van der Waals surface area contributed by atoms with E-state index in [4.69, 9.17) is 37.9 Å². The van der Waals surface area contributed by atoms with Crippen molar-refractivity contribution < 1.29 is 91.6 Å². The Bertz CT molecular complexity index is 2530. The summed E-state index contributed by atoms with van der Waals surface area (Å²) in [6, 6.07) is 14.1. The largest absolute Gasteiger partial charge is 0.466 e. The van der Waals surface area contributed by atoms with Crippen molar-refractivity contribution in [1.82, 2.24) is 10.6 Å². The number of benzene rings is 2. The van der Waals surface area contributed by atoms with Crippen LogP contribution in [-0.4, -0.2) is 149 Å². The second-order valence-electron chi connectivity index (χ2n) is 21.8.